The zero-order valence-electron chi connectivity index (χ0n) is 16.7. The van der Waals surface area contributed by atoms with Gasteiger partial charge in [0.1, 0.15) is 11.4 Å². The van der Waals surface area contributed by atoms with Gasteiger partial charge >= 0.3 is 0 Å². The lowest BCUT2D eigenvalue weighted by Crippen LogP contribution is -2.49. The Morgan fingerprint density at radius 3 is 2.32 bits per heavy atom. The van der Waals surface area contributed by atoms with Crippen molar-refractivity contribution in [2.75, 3.05) is 11.4 Å². The molecular formula is C25H26ClNO. The van der Waals surface area contributed by atoms with Crippen molar-refractivity contribution in [3.8, 4) is 5.75 Å². The third-order valence-electron chi connectivity index (χ3n) is 5.50. The molecule has 3 aromatic rings. The summed E-state index contributed by atoms with van der Waals surface area (Å²) in [6, 6.07) is 25.3. The van der Waals surface area contributed by atoms with Crippen LogP contribution in [-0.2, 0) is 6.42 Å². The highest BCUT2D eigenvalue weighted by molar-refractivity contribution is 6.30. The number of halogens is 1. The molecule has 1 aliphatic heterocycles. The number of hydrogen-bond acceptors (Lipinski definition) is 2. The number of rotatable bonds is 4. The van der Waals surface area contributed by atoms with E-state index in [0.717, 1.165) is 23.7 Å². The Bertz CT molecular complexity index is 947. The molecule has 1 unspecified atom stereocenters. The van der Waals surface area contributed by atoms with E-state index in [1.807, 2.05) is 24.3 Å². The van der Waals surface area contributed by atoms with Gasteiger partial charge in [-0.3, -0.25) is 0 Å². The molecule has 1 aliphatic rings. The molecule has 0 fully saturated rings. The lowest BCUT2D eigenvalue weighted by Gasteiger charge is -2.47. The Labute approximate surface area is 172 Å². The number of aryl methyl sites for hydroxylation is 1. The van der Waals surface area contributed by atoms with Gasteiger partial charge in [-0.25, -0.2) is 0 Å². The van der Waals surface area contributed by atoms with Crippen molar-refractivity contribution in [2.24, 2.45) is 0 Å². The minimum Gasteiger partial charge on any atom is -0.485 e. The SMILES string of the molecule is Cc1ccc(N2CCc3ccccc3C2C(C)(C)Oc2ccc(Cl)cc2)cc1. The van der Waals surface area contributed by atoms with E-state index in [9.17, 15) is 0 Å². The van der Waals surface area contributed by atoms with Gasteiger partial charge in [-0.05, 0) is 74.7 Å². The monoisotopic (exact) mass is 391 g/mol. The van der Waals surface area contributed by atoms with Crippen molar-refractivity contribution < 1.29 is 4.74 Å². The number of fused-ring (bicyclic) bond motifs is 1. The highest BCUT2D eigenvalue weighted by Crippen LogP contribution is 2.42. The zero-order chi connectivity index (χ0) is 19.7. The predicted molar refractivity (Wildman–Crippen MR) is 118 cm³/mol. The molecule has 0 saturated carbocycles. The Hall–Kier alpha value is -2.45. The molecule has 0 N–H and O–H groups in total. The Kier molecular flexibility index (Phi) is 5.07. The van der Waals surface area contributed by atoms with Crippen molar-refractivity contribution in [2.45, 2.75) is 38.8 Å². The second-order valence-electron chi connectivity index (χ2n) is 8.04. The molecule has 28 heavy (non-hydrogen) atoms. The minimum absolute atomic E-state index is 0.107. The van der Waals surface area contributed by atoms with Crippen LogP contribution in [0.5, 0.6) is 5.75 Å². The summed E-state index contributed by atoms with van der Waals surface area (Å²) in [5.74, 6) is 0.835. The van der Waals surface area contributed by atoms with Gasteiger partial charge in [0, 0.05) is 17.3 Å². The molecular weight excluding hydrogens is 366 g/mol. The van der Waals surface area contributed by atoms with Crippen molar-refractivity contribution >= 4 is 17.3 Å². The first-order chi connectivity index (χ1) is 13.4. The molecule has 0 bridgehead atoms. The van der Waals surface area contributed by atoms with Gasteiger partial charge in [0.05, 0.1) is 6.04 Å². The van der Waals surface area contributed by atoms with Gasteiger partial charge in [0.15, 0.2) is 0 Å². The summed E-state index contributed by atoms with van der Waals surface area (Å²) in [4.78, 5) is 2.48. The fourth-order valence-electron chi connectivity index (χ4n) is 4.19. The van der Waals surface area contributed by atoms with Crippen LogP contribution in [0.4, 0.5) is 5.69 Å². The third-order valence-corrected chi connectivity index (χ3v) is 5.75. The predicted octanol–water partition coefficient (Wildman–Crippen LogP) is 6.61. The fraction of sp³-hybridized carbons (Fsp3) is 0.280. The van der Waals surface area contributed by atoms with Crippen LogP contribution >= 0.6 is 11.6 Å². The molecule has 2 nitrogen and oxygen atoms in total. The van der Waals surface area contributed by atoms with E-state index in [0.29, 0.717) is 0 Å². The highest BCUT2D eigenvalue weighted by atomic mass is 35.5. The summed E-state index contributed by atoms with van der Waals surface area (Å²) in [6.07, 6.45) is 1.04. The van der Waals surface area contributed by atoms with Crippen LogP contribution in [0.2, 0.25) is 5.02 Å². The molecule has 4 rings (SSSR count). The maximum atomic E-state index is 6.53. The number of ether oxygens (including phenoxy) is 1. The molecule has 1 atom stereocenters. The van der Waals surface area contributed by atoms with Gasteiger partial charge in [-0.15, -0.1) is 0 Å². The Morgan fingerprint density at radius 2 is 1.61 bits per heavy atom. The standard InChI is InChI=1S/C25H26ClNO/c1-18-8-12-21(13-9-18)27-17-16-19-6-4-5-7-23(19)24(27)25(2,3)28-22-14-10-20(26)11-15-22/h4-15,24H,16-17H2,1-3H3. The molecule has 0 amide bonds. The first-order valence-corrected chi connectivity index (χ1v) is 10.2. The first-order valence-electron chi connectivity index (χ1n) is 9.80. The van der Waals surface area contributed by atoms with E-state index in [-0.39, 0.29) is 6.04 Å². The maximum absolute atomic E-state index is 6.53. The molecule has 0 aliphatic carbocycles. The molecule has 0 saturated heterocycles. The minimum atomic E-state index is -0.435. The van der Waals surface area contributed by atoms with Crippen LogP contribution in [0.3, 0.4) is 0 Å². The van der Waals surface area contributed by atoms with Crippen LogP contribution in [0.1, 0.15) is 36.6 Å². The normalized spacial score (nSPS) is 16.6. The number of benzene rings is 3. The lowest BCUT2D eigenvalue weighted by atomic mass is 9.83. The summed E-state index contributed by atoms with van der Waals surface area (Å²) in [7, 11) is 0. The van der Waals surface area contributed by atoms with E-state index >= 15 is 0 Å². The van der Waals surface area contributed by atoms with Gasteiger partial charge in [0.2, 0.25) is 0 Å². The van der Waals surface area contributed by atoms with E-state index in [4.69, 9.17) is 16.3 Å². The summed E-state index contributed by atoms with van der Waals surface area (Å²) < 4.78 is 6.53. The van der Waals surface area contributed by atoms with Crippen LogP contribution in [-0.4, -0.2) is 12.1 Å². The largest absolute Gasteiger partial charge is 0.485 e. The topological polar surface area (TPSA) is 12.5 Å². The van der Waals surface area contributed by atoms with Gasteiger partial charge < -0.3 is 9.64 Å². The smallest absolute Gasteiger partial charge is 0.128 e. The lowest BCUT2D eigenvalue weighted by molar-refractivity contribution is 0.0734. The van der Waals surface area contributed by atoms with Crippen molar-refractivity contribution in [1.82, 2.24) is 0 Å². The van der Waals surface area contributed by atoms with Crippen LogP contribution in [0.25, 0.3) is 0 Å². The van der Waals surface area contributed by atoms with E-state index in [1.54, 1.807) is 0 Å². The molecule has 0 spiro atoms. The zero-order valence-corrected chi connectivity index (χ0v) is 17.4. The van der Waals surface area contributed by atoms with E-state index in [2.05, 4.69) is 74.2 Å². The Balaban J connectivity index is 1.75. The number of anilines is 1. The molecule has 3 aromatic carbocycles. The first kappa shape index (κ1) is 18.9. The van der Waals surface area contributed by atoms with E-state index in [1.165, 1.54) is 22.4 Å². The molecule has 144 valence electrons. The number of hydrogen-bond donors (Lipinski definition) is 0. The summed E-state index contributed by atoms with van der Waals surface area (Å²) in [5, 5.41) is 0.717. The second kappa shape index (κ2) is 7.52. The Morgan fingerprint density at radius 1 is 0.929 bits per heavy atom. The summed E-state index contributed by atoms with van der Waals surface area (Å²) in [5.41, 5.74) is 4.82. The van der Waals surface area contributed by atoms with Crippen molar-refractivity contribution in [1.29, 1.82) is 0 Å². The molecule has 3 heteroatoms. The summed E-state index contributed by atoms with van der Waals surface area (Å²) >= 11 is 6.05. The fourth-order valence-corrected chi connectivity index (χ4v) is 4.32. The quantitative estimate of drug-likeness (QED) is 0.496. The van der Waals surface area contributed by atoms with E-state index < -0.39 is 5.60 Å². The third kappa shape index (κ3) is 3.74. The average Bonchev–Trinajstić information content (AvgIpc) is 2.69. The van der Waals surface area contributed by atoms with Gasteiger partial charge in [-0.1, -0.05) is 53.6 Å². The second-order valence-corrected chi connectivity index (χ2v) is 8.48. The molecule has 0 radical (unpaired) electrons. The van der Waals surface area contributed by atoms with Crippen LogP contribution in [0, 0.1) is 6.92 Å². The molecule has 1 heterocycles. The van der Waals surface area contributed by atoms with Gasteiger partial charge in [0.25, 0.3) is 0 Å². The van der Waals surface area contributed by atoms with Crippen molar-refractivity contribution in [3.05, 3.63) is 94.5 Å². The van der Waals surface area contributed by atoms with Crippen LogP contribution < -0.4 is 9.64 Å². The highest BCUT2D eigenvalue weighted by Gasteiger charge is 2.41. The van der Waals surface area contributed by atoms with Gasteiger partial charge in [-0.2, -0.15) is 0 Å². The molecule has 0 aromatic heterocycles. The van der Waals surface area contributed by atoms with Crippen LogP contribution in [0.15, 0.2) is 72.8 Å². The van der Waals surface area contributed by atoms with Crippen molar-refractivity contribution in [3.63, 3.8) is 0 Å². The average molecular weight is 392 g/mol. The summed E-state index contributed by atoms with van der Waals surface area (Å²) in [6.45, 7) is 7.45. The number of nitrogens with zero attached hydrogens (tertiary/aromatic N) is 1. The maximum Gasteiger partial charge on any atom is 0.128 e.